The van der Waals surface area contributed by atoms with E-state index in [2.05, 4.69) is 4.72 Å². The Morgan fingerprint density at radius 3 is 2.27 bits per heavy atom. The number of fused-ring (bicyclic) bond motifs is 1. The van der Waals surface area contributed by atoms with Crippen LogP contribution in [0.5, 0.6) is 17.2 Å². The fraction of sp³-hybridized carbons (Fsp3) is 0.355. The average Bonchev–Trinajstić information content (AvgIpc) is 2.95. The van der Waals surface area contributed by atoms with Crippen LogP contribution < -0.4 is 18.9 Å². The second-order valence-electron chi connectivity index (χ2n) is 10.7. The van der Waals surface area contributed by atoms with Crippen LogP contribution >= 0.6 is 0 Å². The van der Waals surface area contributed by atoms with Crippen molar-refractivity contribution in [1.82, 2.24) is 4.72 Å². The van der Waals surface area contributed by atoms with E-state index in [0.29, 0.717) is 53.6 Å². The lowest BCUT2D eigenvalue weighted by Crippen LogP contribution is -2.37. The zero-order valence-corrected chi connectivity index (χ0v) is 24.7. The Kier molecular flexibility index (Phi) is 8.92. The lowest BCUT2D eigenvalue weighted by atomic mass is 9.87. The lowest BCUT2D eigenvalue weighted by Gasteiger charge is -2.24. The van der Waals surface area contributed by atoms with Crippen LogP contribution in [0.4, 0.5) is 0 Å². The SMILES string of the molecule is CCCc1cc(C(=O)OC)ccc1OC(C(=O)NS(=O)(=O)c1ccc(C(C)(C)C)cc1)c1ccc2c(c1)OCCO2. The molecule has 4 rings (SSSR count). The maximum atomic E-state index is 13.7. The summed E-state index contributed by atoms with van der Waals surface area (Å²) in [5, 5.41) is 0. The first-order valence-electron chi connectivity index (χ1n) is 13.4. The Balaban J connectivity index is 1.70. The van der Waals surface area contributed by atoms with Crippen molar-refractivity contribution in [2.45, 2.75) is 57.0 Å². The molecule has 1 unspecified atom stereocenters. The van der Waals surface area contributed by atoms with Crippen LogP contribution in [0, 0.1) is 0 Å². The second-order valence-corrected chi connectivity index (χ2v) is 12.4. The molecular formula is C31H35NO8S. The minimum absolute atomic E-state index is 0.0473. The number of ether oxygens (including phenoxy) is 4. The molecule has 0 radical (unpaired) electrons. The monoisotopic (exact) mass is 581 g/mol. The van der Waals surface area contributed by atoms with Crippen molar-refractivity contribution in [3.63, 3.8) is 0 Å². The van der Waals surface area contributed by atoms with Gasteiger partial charge >= 0.3 is 5.97 Å². The highest BCUT2D eigenvalue weighted by Gasteiger charge is 2.30. The van der Waals surface area contributed by atoms with Crippen molar-refractivity contribution >= 4 is 21.9 Å². The van der Waals surface area contributed by atoms with Gasteiger partial charge in [-0.3, -0.25) is 4.79 Å². The molecule has 1 amide bonds. The predicted octanol–water partition coefficient (Wildman–Crippen LogP) is 5.12. The van der Waals surface area contributed by atoms with E-state index >= 15 is 0 Å². The summed E-state index contributed by atoms with van der Waals surface area (Å²) in [6, 6.07) is 16.1. The highest BCUT2D eigenvalue weighted by molar-refractivity contribution is 7.90. The number of hydrogen-bond acceptors (Lipinski definition) is 8. The number of nitrogens with one attached hydrogen (secondary N) is 1. The van der Waals surface area contributed by atoms with Crippen LogP contribution in [0.2, 0.25) is 0 Å². The number of carbonyl (C=O) groups excluding carboxylic acids is 2. The van der Waals surface area contributed by atoms with Gasteiger partial charge in [-0.05, 0) is 65.4 Å². The first kappa shape index (κ1) is 29.9. The Hall–Kier alpha value is -4.05. The van der Waals surface area contributed by atoms with Crippen LogP contribution in [0.1, 0.15) is 67.3 Å². The highest BCUT2D eigenvalue weighted by Crippen LogP contribution is 2.35. The summed E-state index contributed by atoms with van der Waals surface area (Å²) in [4.78, 5) is 25.7. The molecule has 1 aliphatic rings. The van der Waals surface area contributed by atoms with Gasteiger partial charge in [0.25, 0.3) is 15.9 Å². The summed E-state index contributed by atoms with van der Waals surface area (Å²) in [5.41, 5.74) is 2.17. The summed E-state index contributed by atoms with van der Waals surface area (Å²) in [7, 11) is -2.93. The Morgan fingerprint density at radius 2 is 1.63 bits per heavy atom. The van der Waals surface area contributed by atoms with E-state index in [9.17, 15) is 18.0 Å². The van der Waals surface area contributed by atoms with Gasteiger partial charge < -0.3 is 18.9 Å². The minimum atomic E-state index is -4.22. The van der Waals surface area contributed by atoms with E-state index in [0.717, 1.165) is 12.0 Å². The van der Waals surface area contributed by atoms with Gasteiger partial charge in [-0.15, -0.1) is 0 Å². The lowest BCUT2D eigenvalue weighted by molar-refractivity contribution is -0.126. The molecule has 0 fully saturated rings. The van der Waals surface area contributed by atoms with Crippen molar-refractivity contribution in [3.8, 4) is 17.2 Å². The van der Waals surface area contributed by atoms with Gasteiger partial charge in [0.15, 0.2) is 11.5 Å². The average molecular weight is 582 g/mol. The number of rotatable bonds is 9. The summed E-state index contributed by atoms with van der Waals surface area (Å²) >= 11 is 0. The minimum Gasteiger partial charge on any atom is -0.486 e. The molecule has 3 aromatic carbocycles. The number of benzene rings is 3. The smallest absolute Gasteiger partial charge is 0.337 e. The number of amides is 1. The molecule has 0 aliphatic carbocycles. The zero-order valence-electron chi connectivity index (χ0n) is 23.9. The third kappa shape index (κ3) is 7.00. The summed E-state index contributed by atoms with van der Waals surface area (Å²) in [6.45, 7) is 8.78. The van der Waals surface area contributed by atoms with Gasteiger partial charge in [-0.2, -0.15) is 0 Å². The number of hydrogen-bond donors (Lipinski definition) is 1. The molecule has 1 N–H and O–H groups in total. The Bertz CT molecular complexity index is 1520. The summed E-state index contributed by atoms with van der Waals surface area (Å²) in [6.07, 6.45) is -0.0800. The molecule has 41 heavy (non-hydrogen) atoms. The summed E-state index contributed by atoms with van der Waals surface area (Å²) < 4.78 is 51.1. The molecule has 1 aliphatic heterocycles. The first-order valence-corrected chi connectivity index (χ1v) is 14.9. The third-order valence-corrected chi connectivity index (χ3v) is 7.98. The van der Waals surface area contributed by atoms with Gasteiger partial charge in [-0.25, -0.2) is 17.9 Å². The van der Waals surface area contributed by atoms with Crippen LogP contribution in [-0.4, -0.2) is 40.6 Å². The van der Waals surface area contributed by atoms with Crippen molar-refractivity contribution in [3.05, 3.63) is 82.9 Å². The number of aryl methyl sites for hydroxylation is 1. The number of carbonyl (C=O) groups is 2. The van der Waals surface area contributed by atoms with Crippen molar-refractivity contribution < 1.29 is 37.0 Å². The van der Waals surface area contributed by atoms with E-state index in [-0.39, 0.29) is 10.3 Å². The molecule has 10 heteroatoms. The maximum Gasteiger partial charge on any atom is 0.337 e. The van der Waals surface area contributed by atoms with E-state index in [1.54, 1.807) is 42.5 Å². The molecule has 3 aromatic rings. The fourth-order valence-corrected chi connectivity index (χ4v) is 5.39. The van der Waals surface area contributed by atoms with Gasteiger partial charge in [0.2, 0.25) is 6.10 Å². The van der Waals surface area contributed by atoms with Gasteiger partial charge in [0.05, 0.1) is 17.6 Å². The van der Waals surface area contributed by atoms with Gasteiger partial charge in [-0.1, -0.05) is 52.3 Å². The molecule has 0 saturated heterocycles. The zero-order chi connectivity index (χ0) is 29.8. The van der Waals surface area contributed by atoms with Crippen LogP contribution in [0.15, 0.2) is 65.6 Å². The molecule has 0 saturated carbocycles. The van der Waals surface area contributed by atoms with Gasteiger partial charge in [0.1, 0.15) is 19.0 Å². The van der Waals surface area contributed by atoms with E-state index < -0.39 is 28.0 Å². The normalized spacial score (nSPS) is 13.7. The van der Waals surface area contributed by atoms with Crippen molar-refractivity contribution in [2.75, 3.05) is 20.3 Å². The van der Waals surface area contributed by atoms with Crippen molar-refractivity contribution in [2.24, 2.45) is 0 Å². The topological polar surface area (TPSA) is 117 Å². The highest BCUT2D eigenvalue weighted by atomic mass is 32.2. The molecule has 1 atom stereocenters. The Labute approximate surface area is 240 Å². The quantitative estimate of drug-likeness (QED) is 0.346. The summed E-state index contributed by atoms with van der Waals surface area (Å²) in [5.74, 6) is -0.119. The van der Waals surface area contributed by atoms with E-state index in [1.807, 2.05) is 27.7 Å². The Morgan fingerprint density at radius 1 is 0.951 bits per heavy atom. The molecule has 218 valence electrons. The standard InChI is InChI=1S/C31H35NO8S/c1-6-7-20-18-22(30(34)37-5)9-14-25(20)40-28(21-8-15-26-27(19-21)39-17-16-38-26)29(33)32-41(35,36)24-12-10-23(11-13-24)31(2,3)4/h8-15,18-19,28H,6-7,16-17H2,1-5H3,(H,32,33). The van der Waals surface area contributed by atoms with Gasteiger partial charge in [0, 0.05) is 5.56 Å². The number of esters is 1. The fourth-order valence-electron chi connectivity index (χ4n) is 4.41. The van der Waals surface area contributed by atoms with E-state index in [4.69, 9.17) is 18.9 Å². The van der Waals surface area contributed by atoms with E-state index in [1.165, 1.54) is 25.3 Å². The van der Waals surface area contributed by atoms with Crippen LogP contribution in [-0.2, 0) is 31.4 Å². The molecule has 1 heterocycles. The predicted molar refractivity (Wildman–Crippen MR) is 153 cm³/mol. The molecular weight excluding hydrogens is 546 g/mol. The third-order valence-electron chi connectivity index (χ3n) is 6.62. The number of sulfonamides is 1. The van der Waals surface area contributed by atoms with Crippen molar-refractivity contribution in [1.29, 1.82) is 0 Å². The molecule has 0 aromatic heterocycles. The molecule has 9 nitrogen and oxygen atoms in total. The largest absolute Gasteiger partial charge is 0.486 e. The second kappa shape index (κ2) is 12.2. The van der Waals surface area contributed by atoms with Crippen LogP contribution in [0.25, 0.3) is 0 Å². The maximum absolute atomic E-state index is 13.7. The molecule has 0 bridgehead atoms. The first-order chi connectivity index (χ1) is 19.4. The molecule has 0 spiro atoms. The number of methoxy groups -OCH3 is 1. The van der Waals surface area contributed by atoms with Crippen LogP contribution in [0.3, 0.4) is 0 Å².